The summed E-state index contributed by atoms with van der Waals surface area (Å²) in [6.45, 7) is 0.272. The molecule has 3 nitrogen and oxygen atoms in total. The number of aromatic amines is 1. The van der Waals surface area contributed by atoms with Crippen LogP contribution < -0.4 is 5.32 Å². The van der Waals surface area contributed by atoms with Crippen LogP contribution in [0.2, 0.25) is 0 Å². The average Bonchev–Trinajstić information content (AvgIpc) is 2.85. The summed E-state index contributed by atoms with van der Waals surface area (Å²) in [4.78, 5) is 7.11. The smallest absolute Gasteiger partial charge is 0.161 e. The number of hydrogen-bond acceptors (Lipinski definition) is 2. The highest BCUT2D eigenvalue weighted by Gasteiger charge is 2.10. The van der Waals surface area contributed by atoms with Crippen molar-refractivity contribution >= 4 is 16.7 Å². The summed E-state index contributed by atoms with van der Waals surface area (Å²) in [5.41, 5.74) is 1.49. The van der Waals surface area contributed by atoms with Gasteiger partial charge in [0.15, 0.2) is 11.6 Å². The quantitative estimate of drug-likeness (QED) is 0.718. The predicted molar refractivity (Wildman–Crippen MR) is 69.7 cm³/mol. The molecule has 0 unspecified atom stereocenters. The van der Waals surface area contributed by atoms with Crippen LogP contribution in [0.3, 0.4) is 0 Å². The van der Waals surface area contributed by atoms with E-state index in [2.05, 4.69) is 15.3 Å². The van der Waals surface area contributed by atoms with Crippen LogP contribution in [0.25, 0.3) is 11.0 Å². The monoisotopic (exact) mass is 277 g/mol. The number of anilines is 1. The number of pyridine rings is 1. The maximum atomic E-state index is 13.5. The summed E-state index contributed by atoms with van der Waals surface area (Å²) < 4.78 is 39.4. The number of halogens is 3. The molecule has 0 aliphatic rings. The van der Waals surface area contributed by atoms with Crippen molar-refractivity contribution in [1.29, 1.82) is 0 Å². The average molecular weight is 277 g/mol. The second-order valence-electron chi connectivity index (χ2n) is 4.31. The van der Waals surface area contributed by atoms with Crippen molar-refractivity contribution in [2.24, 2.45) is 0 Å². The molecule has 0 aliphatic heterocycles. The number of fused-ring (bicyclic) bond motifs is 1. The SMILES string of the molecule is Fc1cc(F)c(NCc2c[nH]c3ncccc23)cc1F. The number of aromatic nitrogens is 2. The van der Waals surface area contributed by atoms with E-state index in [0.717, 1.165) is 22.7 Å². The fourth-order valence-electron chi connectivity index (χ4n) is 2.01. The van der Waals surface area contributed by atoms with Crippen LogP contribution in [0.1, 0.15) is 5.56 Å². The first-order valence-corrected chi connectivity index (χ1v) is 5.94. The molecule has 2 heterocycles. The summed E-state index contributed by atoms with van der Waals surface area (Å²) >= 11 is 0. The van der Waals surface area contributed by atoms with Crippen molar-refractivity contribution in [3.8, 4) is 0 Å². The molecule has 2 N–H and O–H groups in total. The highest BCUT2D eigenvalue weighted by molar-refractivity contribution is 5.79. The molecule has 0 bridgehead atoms. The molecule has 102 valence electrons. The highest BCUT2D eigenvalue weighted by Crippen LogP contribution is 2.21. The lowest BCUT2D eigenvalue weighted by atomic mass is 10.2. The van der Waals surface area contributed by atoms with Crippen molar-refractivity contribution < 1.29 is 13.2 Å². The summed E-state index contributed by atoms with van der Waals surface area (Å²) in [6, 6.07) is 4.99. The van der Waals surface area contributed by atoms with Gasteiger partial charge in [0, 0.05) is 36.5 Å². The zero-order chi connectivity index (χ0) is 14.1. The fraction of sp³-hybridized carbons (Fsp3) is 0.0714. The molecule has 20 heavy (non-hydrogen) atoms. The molecule has 0 saturated carbocycles. The topological polar surface area (TPSA) is 40.7 Å². The number of H-pyrrole nitrogens is 1. The van der Waals surface area contributed by atoms with Gasteiger partial charge >= 0.3 is 0 Å². The van der Waals surface area contributed by atoms with Crippen LogP contribution >= 0.6 is 0 Å². The second-order valence-corrected chi connectivity index (χ2v) is 4.31. The van der Waals surface area contributed by atoms with Crippen LogP contribution in [0.15, 0.2) is 36.7 Å². The summed E-state index contributed by atoms with van der Waals surface area (Å²) in [6.07, 6.45) is 3.40. The van der Waals surface area contributed by atoms with Gasteiger partial charge in [-0.1, -0.05) is 0 Å². The van der Waals surface area contributed by atoms with E-state index in [-0.39, 0.29) is 12.2 Å². The Labute approximate surface area is 112 Å². The lowest BCUT2D eigenvalue weighted by Crippen LogP contribution is -2.02. The van der Waals surface area contributed by atoms with Crippen molar-refractivity contribution in [3.05, 3.63) is 59.7 Å². The molecule has 0 amide bonds. The van der Waals surface area contributed by atoms with Crippen LogP contribution in [0.5, 0.6) is 0 Å². The Morgan fingerprint density at radius 2 is 1.90 bits per heavy atom. The minimum absolute atomic E-state index is 0.0814. The van der Waals surface area contributed by atoms with Crippen LogP contribution in [-0.2, 0) is 6.54 Å². The van der Waals surface area contributed by atoms with Crippen molar-refractivity contribution in [1.82, 2.24) is 9.97 Å². The fourth-order valence-corrected chi connectivity index (χ4v) is 2.01. The van der Waals surface area contributed by atoms with Crippen LogP contribution in [0.4, 0.5) is 18.9 Å². The lowest BCUT2D eigenvalue weighted by Gasteiger charge is -2.07. The Bertz CT molecular complexity index is 767. The van der Waals surface area contributed by atoms with E-state index in [1.165, 1.54) is 0 Å². The minimum atomic E-state index is -1.20. The van der Waals surface area contributed by atoms with Crippen LogP contribution in [-0.4, -0.2) is 9.97 Å². The largest absolute Gasteiger partial charge is 0.378 e. The first-order chi connectivity index (χ1) is 9.65. The number of hydrogen-bond donors (Lipinski definition) is 2. The zero-order valence-corrected chi connectivity index (χ0v) is 10.3. The number of nitrogens with one attached hydrogen (secondary N) is 2. The van der Waals surface area contributed by atoms with Crippen molar-refractivity contribution in [2.45, 2.75) is 6.54 Å². The van der Waals surface area contributed by atoms with Gasteiger partial charge in [-0.15, -0.1) is 0 Å². The normalized spacial score (nSPS) is 10.9. The third-order valence-corrected chi connectivity index (χ3v) is 3.02. The number of rotatable bonds is 3. The van der Waals surface area contributed by atoms with E-state index in [9.17, 15) is 13.2 Å². The first kappa shape index (κ1) is 12.5. The molecular weight excluding hydrogens is 267 g/mol. The number of nitrogens with zero attached hydrogens (tertiary/aromatic N) is 1. The van der Waals surface area contributed by atoms with Gasteiger partial charge in [0.2, 0.25) is 0 Å². The van der Waals surface area contributed by atoms with E-state index >= 15 is 0 Å². The molecule has 6 heteroatoms. The second kappa shape index (κ2) is 4.88. The third-order valence-electron chi connectivity index (χ3n) is 3.02. The van der Waals surface area contributed by atoms with Crippen molar-refractivity contribution in [3.63, 3.8) is 0 Å². The molecule has 0 fully saturated rings. The van der Waals surface area contributed by atoms with Gasteiger partial charge in [-0.25, -0.2) is 18.2 Å². The molecule has 2 aromatic heterocycles. The molecule has 0 saturated heterocycles. The Kier molecular flexibility index (Phi) is 3.06. The van der Waals surface area contributed by atoms with Gasteiger partial charge < -0.3 is 10.3 Å². The molecule has 3 aromatic rings. The molecule has 1 aromatic carbocycles. The number of benzene rings is 1. The summed E-state index contributed by atoms with van der Waals surface area (Å²) in [5.74, 6) is -3.12. The Morgan fingerprint density at radius 3 is 2.75 bits per heavy atom. The lowest BCUT2D eigenvalue weighted by molar-refractivity contribution is 0.496. The maximum absolute atomic E-state index is 13.5. The van der Waals surface area contributed by atoms with Crippen molar-refractivity contribution in [2.75, 3.05) is 5.32 Å². The first-order valence-electron chi connectivity index (χ1n) is 5.94. The van der Waals surface area contributed by atoms with Gasteiger partial charge in [0.25, 0.3) is 0 Å². The Morgan fingerprint density at radius 1 is 1.10 bits per heavy atom. The highest BCUT2D eigenvalue weighted by atomic mass is 19.2. The minimum Gasteiger partial charge on any atom is -0.378 e. The molecule has 3 rings (SSSR count). The van der Waals surface area contributed by atoms with Crippen LogP contribution in [0, 0.1) is 17.5 Å². The Hall–Kier alpha value is -2.50. The summed E-state index contributed by atoms with van der Waals surface area (Å²) in [7, 11) is 0. The standard InChI is InChI=1S/C14H10F3N3/c15-10-4-12(17)13(5-11(10)16)19-6-8-7-20-14-9(8)2-1-3-18-14/h1-5,7,19H,6H2,(H,18,20). The molecule has 0 atom stereocenters. The third kappa shape index (κ3) is 2.20. The van der Waals surface area contributed by atoms with E-state index in [1.807, 2.05) is 6.07 Å². The van der Waals surface area contributed by atoms with Gasteiger partial charge in [-0.3, -0.25) is 0 Å². The maximum Gasteiger partial charge on any atom is 0.161 e. The van der Waals surface area contributed by atoms with E-state index < -0.39 is 17.5 Å². The van der Waals surface area contributed by atoms with Gasteiger partial charge in [0.1, 0.15) is 11.5 Å². The Balaban J connectivity index is 1.85. The predicted octanol–water partition coefficient (Wildman–Crippen LogP) is 3.59. The van der Waals surface area contributed by atoms with E-state index in [4.69, 9.17) is 0 Å². The van der Waals surface area contributed by atoms with Gasteiger partial charge in [-0.2, -0.15) is 0 Å². The molecule has 0 radical (unpaired) electrons. The summed E-state index contributed by atoms with van der Waals surface area (Å²) in [5, 5.41) is 3.64. The van der Waals surface area contributed by atoms with E-state index in [0.29, 0.717) is 6.07 Å². The molecule has 0 spiro atoms. The van der Waals surface area contributed by atoms with E-state index in [1.54, 1.807) is 18.5 Å². The van der Waals surface area contributed by atoms with Gasteiger partial charge in [-0.05, 0) is 17.7 Å². The molecule has 0 aliphatic carbocycles. The van der Waals surface area contributed by atoms with Gasteiger partial charge in [0.05, 0.1) is 5.69 Å². The molecular formula is C14H10F3N3. The zero-order valence-electron chi connectivity index (χ0n) is 10.3.